The quantitative estimate of drug-likeness (QED) is 0.199. The van der Waals surface area contributed by atoms with Gasteiger partial charge >= 0.3 is 0 Å². The first-order valence-corrected chi connectivity index (χ1v) is 13.9. The molecule has 0 saturated carbocycles. The van der Waals surface area contributed by atoms with E-state index < -0.39 is 0 Å². The molecule has 0 saturated heterocycles. The van der Waals surface area contributed by atoms with Crippen molar-refractivity contribution in [3.63, 3.8) is 0 Å². The van der Waals surface area contributed by atoms with Crippen LogP contribution in [0.25, 0.3) is 33.3 Å². The fourth-order valence-electron chi connectivity index (χ4n) is 5.19. The molecule has 0 fully saturated rings. The first-order valence-electron chi connectivity index (χ1n) is 13.1. The molecule has 2 heterocycles. The highest BCUT2D eigenvalue weighted by Gasteiger charge is 2.25. The molecule has 210 valence electrons. The maximum atomic E-state index is 13.3. The minimum Gasteiger partial charge on any atom is -0.497 e. The Balaban J connectivity index is 1.52. The molecule has 11 heteroatoms. The fourth-order valence-corrected chi connectivity index (χ4v) is 5.72. The van der Waals surface area contributed by atoms with Crippen LogP contribution in [0.4, 0.5) is 5.95 Å². The van der Waals surface area contributed by atoms with Crippen LogP contribution >= 0.6 is 23.2 Å². The number of rotatable bonds is 7. The number of hydrogen-bond donors (Lipinski definition) is 2. The summed E-state index contributed by atoms with van der Waals surface area (Å²) in [5, 5.41) is 24.5. The highest BCUT2D eigenvalue weighted by Crippen LogP contribution is 2.38. The summed E-state index contributed by atoms with van der Waals surface area (Å²) in [6.45, 7) is 4.04. The second-order valence-corrected chi connectivity index (χ2v) is 10.7. The fraction of sp³-hybridized carbons (Fsp3) is 0.129. The molecule has 2 aromatic heterocycles. The van der Waals surface area contributed by atoms with E-state index in [1.807, 2.05) is 67.1 Å². The predicted molar refractivity (Wildman–Crippen MR) is 164 cm³/mol. The molecule has 1 amide bonds. The average Bonchev–Trinajstić information content (AvgIpc) is 3.63. The lowest BCUT2D eigenvalue weighted by Gasteiger charge is -2.20. The Hall–Kier alpha value is -4.73. The largest absolute Gasteiger partial charge is 0.497 e. The molecular formula is C31H25Cl2N7O2. The van der Waals surface area contributed by atoms with Crippen LogP contribution in [0.3, 0.4) is 0 Å². The number of benzene rings is 4. The van der Waals surface area contributed by atoms with Gasteiger partial charge in [-0.05, 0) is 77.9 Å². The van der Waals surface area contributed by atoms with Crippen molar-refractivity contribution in [2.75, 3.05) is 12.4 Å². The SMILES string of the molecule is COc1ccc2cc(-c3c(C)c(-c4cc(Cl)cc(Cl)c4)nn3C(C)c3ccccc3C(=O)Nc3nn[nH]n3)ccc2c1. The van der Waals surface area contributed by atoms with Gasteiger partial charge in [-0.25, -0.2) is 0 Å². The van der Waals surface area contributed by atoms with Crippen LogP contribution in [0.1, 0.15) is 34.5 Å². The number of fused-ring (bicyclic) bond motifs is 1. The van der Waals surface area contributed by atoms with Gasteiger partial charge in [0.2, 0.25) is 0 Å². The maximum absolute atomic E-state index is 13.3. The van der Waals surface area contributed by atoms with E-state index in [4.69, 9.17) is 33.0 Å². The third-order valence-corrected chi connectivity index (χ3v) is 7.63. The minimum absolute atomic E-state index is 0.0889. The van der Waals surface area contributed by atoms with Gasteiger partial charge in [-0.3, -0.25) is 14.8 Å². The van der Waals surface area contributed by atoms with Gasteiger partial charge in [-0.2, -0.15) is 10.3 Å². The van der Waals surface area contributed by atoms with Gasteiger partial charge in [-0.15, -0.1) is 5.10 Å². The number of methoxy groups -OCH3 is 1. The van der Waals surface area contributed by atoms with Gasteiger partial charge in [0.1, 0.15) is 5.75 Å². The van der Waals surface area contributed by atoms with Crippen molar-refractivity contribution >= 4 is 45.8 Å². The summed E-state index contributed by atoms with van der Waals surface area (Å²) in [6.07, 6.45) is 0. The van der Waals surface area contributed by atoms with Gasteiger partial charge in [-0.1, -0.05) is 64.7 Å². The highest BCUT2D eigenvalue weighted by atomic mass is 35.5. The second-order valence-electron chi connectivity index (χ2n) is 9.81. The maximum Gasteiger partial charge on any atom is 0.270 e. The van der Waals surface area contributed by atoms with E-state index in [-0.39, 0.29) is 17.9 Å². The molecule has 42 heavy (non-hydrogen) atoms. The molecule has 1 unspecified atom stereocenters. The summed E-state index contributed by atoms with van der Waals surface area (Å²) in [5.41, 5.74) is 5.59. The van der Waals surface area contributed by atoms with E-state index in [2.05, 4.69) is 44.1 Å². The Morgan fingerprint density at radius 3 is 2.43 bits per heavy atom. The molecule has 0 aliphatic rings. The number of hydrogen-bond acceptors (Lipinski definition) is 6. The van der Waals surface area contributed by atoms with E-state index in [9.17, 15) is 4.79 Å². The van der Waals surface area contributed by atoms with E-state index in [0.717, 1.165) is 50.2 Å². The summed E-state index contributed by atoms with van der Waals surface area (Å²) < 4.78 is 7.36. The molecule has 2 N–H and O–H groups in total. The van der Waals surface area contributed by atoms with Gasteiger partial charge < -0.3 is 4.74 Å². The number of aromatic nitrogens is 6. The van der Waals surface area contributed by atoms with Crippen molar-refractivity contribution in [3.8, 4) is 28.3 Å². The zero-order valence-corrected chi connectivity index (χ0v) is 24.4. The molecule has 9 nitrogen and oxygen atoms in total. The van der Waals surface area contributed by atoms with Crippen LogP contribution in [0.2, 0.25) is 10.0 Å². The Morgan fingerprint density at radius 1 is 0.952 bits per heavy atom. The molecule has 6 rings (SSSR count). The Bertz CT molecular complexity index is 1920. The van der Waals surface area contributed by atoms with E-state index >= 15 is 0 Å². The number of H-pyrrole nitrogens is 1. The first kappa shape index (κ1) is 27.4. The Labute approximate surface area is 251 Å². The van der Waals surface area contributed by atoms with Gasteiger partial charge in [0.25, 0.3) is 11.9 Å². The van der Waals surface area contributed by atoms with E-state index in [1.54, 1.807) is 19.2 Å². The number of tetrazole rings is 1. The first-order chi connectivity index (χ1) is 20.3. The monoisotopic (exact) mass is 597 g/mol. The van der Waals surface area contributed by atoms with Gasteiger partial charge in [0.05, 0.1) is 24.5 Å². The molecule has 6 aromatic rings. The normalized spacial score (nSPS) is 11.9. The third kappa shape index (κ3) is 5.20. The number of anilines is 1. The topological polar surface area (TPSA) is 111 Å². The smallest absolute Gasteiger partial charge is 0.270 e. The summed E-state index contributed by atoms with van der Waals surface area (Å²) in [7, 11) is 1.66. The molecule has 4 aromatic carbocycles. The number of halogens is 2. The van der Waals surface area contributed by atoms with Crippen molar-refractivity contribution in [2.45, 2.75) is 19.9 Å². The van der Waals surface area contributed by atoms with E-state index in [0.29, 0.717) is 15.6 Å². The standard InChI is InChI=1S/C31H25Cl2N7O2/c1-17-28(22-13-23(32)16-24(33)14-22)37-40(29(17)21-9-8-20-15-25(42-3)11-10-19(20)12-21)18(2)26-6-4-5-7-27(26)30(41)34-31-35-38-39-36-31/h4-16,18H,1-3H3,(H2,34,35,36,38,39,41). The zero-order chi connectivity index (χ0) is 29.4. The van der Waals surface area contributed by atoms with Crippen LogP contribution < -0.4 is 10.1 Å². The molecule has 0 radical (unpaired) electrons. The lowest BCUT2D eigenvalue weighted by Crippen LogP contribution is -2.19. The van der Waals surface area contributed by atoms with Crippen molar-refractivity contribution in [3.05, 3.63) is 106 Å². The van der Waals surface area contributed by atoms with Crippen LogP contribution in [0.5, 0.6) is 5.75 Å². The highest BCUT2D eigenvalue weighted by molar-refractivity contribution is 6.35. The average molecular weight is 598 g/mol. The Kier molecular flexibility index (Phi) is 7.36. The van der Waals surface area contributed by atoms with Crippen molar-refractivity contribution in [2.24, 2.45) is 0 Å². The number of amides is 1. The van der Waals surface area contributed by atoms with Crippen molar-refractivity contribution in [1.82, 2.24) is 30.4 Å². The molecule has 0 spiro atoms. The van der Waals surface area contributed by atoms with Gasteiger partial charge in [0, 0.05) is 32.3 Å². The van der Waals surface area contributed by atoms with Crippen molar-refractivity contribution in [1.29, 1.82) is 0 Å². The number of carbonyl (C=O) groups is 1. The predicted octanol–water partition coefficient (Wildman–Crippen LogP) is 7.37. The summed E-state index contributed by atoms with van der Waals surface area (Å²) in [6, 6.07) is 24.7. The van der Waals surface area contributed by atoms with Crippen LogP contribution in [0.15, 0.2) is 78.9 Å². The molecule has 1 atom stereocenters. The van der Waals surface area contributed by atoms with E-state index in [1.165, 1.54) is 0 Å². The summed E-state index contributed by atoms with van der Waals surface area (Å²) in [5.74, 6) is 0.526. The van der Waals surface area contributed by atoms with Gasteiger partial charge in [0.15, 0.2) is 0 Å². The molecular weight excluding hydrogens is 573 g/mol. The Morgan fingerprint density at radius 2 is 1.69 bits per heavy atom. The molecule has 0 aliphatic carbocycles. The van der Waals surface area contributed by atoms with Crippen LogP contribution in [0, 0.1) is 6.92 Å². The number of ether oxygens (including phenoxy) is 1. The minimum atomic E-state index is -0.356. The summed E-state index contributed by atoms with van der Waals surface area (Å²) >= 11 is 12.8. The third-order valence-electron chi connectivity index (χ3n) is 7.20. The number of nitrogens with zero attached hydrogens (tertiary/aromatic N) is 5. The number of nitrogens with one attached hydrogen (secondary N) is 2. The second kappa shape index (κ2) is 11.3. The number of aromatic amines is 1. The number of carbonyl (C=O) groups excluding carboxylic acids is 1. The lowest BCUT2D eigenvalue weighted by molar-refractivity contribution is 0.102. The summed E-state index contributed by atoms with van der Waals surface area (Å²) in [4.78, 5) is 13.3. The van der Waals surface area contributed by atoms with Crippen LogP contribution in [-0.4, -0.2) is 43.4 Å². The molecule has 0 aliphatic heterocycles. The lowest BCUT2D eigenvalue weighted by atomic mass is 9.98. The van der Waals surface area contributed by atoms with Crippen LogP contribution in [-0.2, 0) is 0 Å². The van der Waals surface area contributed by atoms with Crippen molar-refractivity contribution < 1.29 is 9.53 Å². The molecule has 0 bridgehead atoms. The zero-order valence-electron chi connectivity index (χ0n) is 22.9.